The summed E-state index contributed by atoms with van der Waals surface area (Å²) in [6.45, 7) is 2.41. The van der Waals surface area contributed by atoms with Crippen molar-refractivity contribution in [1.82, 2.24) is 9.78 Å². The van der Waals surface area contributed by atoms with Crippen LogP contribution in [0.1, 0.15) is 17.7 Å². The molecule has 6 heteroatoms. The van der Waals surface area contributed by atoms with E-state index in [1.165, 1.54) is 7.11 Å². The van der Waals surface area contributed by atoms with Crippen LogP contribution in [0, 0.1) is 6.92 Å². The van der Waals surface area contributed by atoms with E-state index in [1.807, 2.05) is 14.0 Å². The lowest BCUT2D eigenvalue weighted by Crippen LogP contribution is -2.03. The number of nitrogens with zero attached hydrogens (tertiary/aromatic N) is 2. The quantitative estimate of drug-likeness (QED) is 0.613. The van der Waals surface area contributed by atoms with Crippen LogP contribution < -0.4 is 5.73 Å². The second-order valence-corrected chi connectivity index (χ2v) is 4.46. The zero-order valence-corrected chi connectivity index (χ0v) is 10.6. The Balaban J connectivity index is 2.62. The molecule has 0 spiro atoms. The molecule has 5 nitrogen and oxygen atoms in total. The molecule has 2 N–H and O–H groups in total. The molecule has 1 aromatic rings. The van der Waals surface area contributed by atoms with Gasteiger partial charge in [0.05, 0.1) is 24.3 Å². The van der Waals surface area contributed by atoms with Crippen LogP contribution in [-0.4, -0.2) is 28.6 Å². The molecule has 1 aromatic heterocycles. The highest BCUT2D eigenvalue weighted by Gasteiger charge is 2.12. The maximum atomic E-state index is 11.0. The van der Waals surface area contributed by atoms with E-state index in [0.717, 1.165) is 16.3 Å². The van der Waals surface area contributed by atoms with E-state index in [0.29, 0.717) is 18.7 Å². The third-order valence-electron chi connectivity index (χ3n) is 2.27. The number of hydrogen-bond donors (Lipinski definition) is 1. The minimum absolute atomic E-state index is 0.194. The molecule has 1 rings (SSSR count). The number of methoxy groups -OCH3 is 1. The van der Waals surface area contributed by atoms with Gasteiger partial charge in [-0.05, 0) is 6.92 Å². The van der Waals surface area contributed by atoms with Gasteiger partial charge in [-0.1, -0.05) is 0 Å². The number of thioether (sulfide) groups is 1. The molecule has 0 radical (unpaired) electrons. The van der Waals surface area contributed by atoms with Crippen LogP contribution >= 0.6 is 11.8 Å². The Hall–Kier alpha value is -1.01. The number of nitrogens with two attached hydrogens (primary N) is 1. The molecule has 0 aliphatic carbocycles. The minimum atomic E-state index is -0.194. The lowest BCUT2D eigenvalue weighted by molar-refractivity contribution is -0.140. The maximum Gasteiger partial charge on any atom is 0.306 e. The zero-order valence-electron chi connectivity index (χ0n) is 9.82. The van der Waals surface area contributed by atoms with Gasteiger partial charge in [0.15, 0.2) is 0 Å². The second kappa shape index (κ2) is 5.91. The van der Waals surface area contributed by atoms with Gasteiger partial charge in [0.2, 0.25) is 0 Å². The van der Waals surface area contributed by atoms with Crippen LogP contribution in [0.15, 0.2) is 5.03 Å². The van der Waals surface area contributed by atoms with Crippen molar-refractivity contribution >= 4 is 17.7 Å². The number of ether oxygens (including phenoxy) is 1. The van der Waals surface area contributed by atoms with Crippen LogP contribution in [-0.2, 0) is 23.1 Å². The van der Waals surface area contributed by atoms with Gasteiger partial charge in [0.25, 0.3) is 0 Å². The van der Waals surface area contributed by atoms with Crippen LogP contribution in [0.4, 0.5) is 0 Å². The molecule has 0 amide bonds. The topological polar surface area (TPSA) is 70.1 Å². The summed E-state index contributed by atoms with van der Waals surface area (Å²) in [4.78, 5) is 11.0. The van der Waals surface area contributed by atoms with E-state index in [-0.39, 0.29) is 5.97 Å². The predicted molar refractivity (Wildman–Crippen MR) is 63.2 cm³/mol. The molecule has 0 aliphatic heterocycles. The number of aryl methyl sites for hydroxylation is 2. The molecule has 0 aromatic carbocycles. The molecule has 0 bridgehead atoms. The Kier molecular flexibility index (Phi) is 4.82. The van der Waals surface area contributed by atoms with Crippen LogP contribution in [0.2, 0.25) is 0 Å². The summed E-state index contributed by atoms with van der Waals surface area (Å²) < 4.78 is 6.39. The van der Waals surface area contributed by atoms with Crippen LogP contribution in [0.5, 0.6) is 0 Å². The first-order chi connectivity index (χ1) is 7.60. The van der Waals surface area contributed by atoms with Gasteiger partial charge in [0, 0.05) is 24.9 Å². The average Bonchev–Trinajstić information content (AvgIpc) is 2.53. The van der Waals surface area contributed by atoms with Crippen molar-refractivity contribution in [3.63, 3.8) is 0 Å². The molecule has 0 saturated carbocycles. The number of carbonyl (C=O) groups is 1. The van der Waals surface area contributed by atoms with E-state index in [1.54, 1.807) is 16.4 Å². The molecule has 16 heavy (non-hydrogen) atoms. The third kappa shape index (κ3) is 2.99. The molecular weight excluding hydrogens is 226 g/mol. The van der Waals surface area contributed by atoms with Crippen LogP contribution in [0.25, 0.3) is 0 Å². The third-order valence-corrected chi connectivity index (χ3v) is 3.46. The smallest absolute Gasteiger partial charge is 0.306 e. The Morgan fingerprint density at radius 3 is 2.88 bits per heavy atom. The summed E-state index contributed by atoms with van der Waals surface area (Å²) in [6, 6.07) is 0. The number of esters is 1. The average molecular weight is 243 g/mol. The van der Waals surface area contributed by atoms with Gasteiger partial charge in [-0.15, -0.1) is 11.8 Å². The molecule has 0 saturated heterocycles. The number of hydrogen-bond acceptors (Lipinski definition) is 5. The first-order valence-electron chi connectivity index (χ1n) is 5.02. The van der Waals surface area contributed by atoms with E-state index in [9.17, 15) is 4.79 Å². The Morgan fingerprint density at radius 1 is 1.62 bits per heavy atom. The van der Waals surface area contributed by atoms with Crippen molar-refractivity contribution in [2.75, 3.05) is 12.9 Å². The largest absolute Gasteiger partial charge is 0.469 e. The van der Waals surface area contributed by atoms with Crippen molar-refractivity contribution < 1.29 is 9.53 Å². The lowest BCUT2D eigenvalue weighted by Gasteiger charge is -2.04. The highest BCUT2D eigenvalue weighted by atomic mass is 32.2. The zero-order chi connectivity index (χ0) is 12.1. The SMILES string of the molecule is COC(=O)CCSc1c(CN)c(C)nn1C. The van der Waals surface area contributed by atoms with Gasteiger partial charge >= 0.3 is 5.97 Å². The van der Waals surface area contributed by atoms with Crippen molar-refractivity contribution in [3.8, 4) is 0 Å². The maximum absolute atomic E-state index is 11.0. The summed E-state index contributed by atoms with van der Waals surface area (Å²) in [5.74, 6) is 0.485. The molecular formula is C10H17N3O2S. The standard InChI is InChI=1S/C10H17N3O2S/c1-7-8(6-11)10(13(2)12-7)16-5-4-9(14)15-3/h4-6,11H2,1-3H3. The molecule has 90 valence electrons. The van der Waals surface area contributed by atoms with Gasteiger partial charge in [-0.25, -0.2) is 0 Å². The fraction of sp³-hybridized carbons (Fsp3) is 0.600. The highest BCUT2D eigenvalue weighted by Crippen LogP contribution is 2.24. The fourth-order valence-corrected chi connectivity index (χ4v) is 2.52. The monoisotopic (exact) mass is 243 g/mol. The number of aromatic nitrogens is 2. The fourth-order valence-electron chi connectivity index (χ4n) is 1.43. The highest BCUT2D eigenvalue weighted by molar-refractivity contribution is 7.99. The summed E-state index contributed by atoms with van der Waals surface area (Å²) in [5, 5.41) is 5.33. The predicted octanol–water partition coefficient (Wildman–Crippen LogP) is 0.842. The first-order valence-corrected chi connectivity index (χ1v) is 6.00. The summed E-state index contributed by atoms with van der Waals surface area (Å²) in [5.41, 5.74) is 7.67. The second-order valence-electron chi connectivity index (χ2n) is 3.37. The summed E-state index contributed by atoms with van der Waals surface area (Å²) in [7, 11) is 3.28. The van der Waals surface area contributed by atoms with Crippen molar-refractivity contribution in [3.05, 3.63) is 11.3 Å². The van der Waals surface area contributed by atoms with Crippen molar-refractivity contribution in [2.45, 2.75) is 24.9 Å². The van der Waals surface area contributed by atoms with E-state index >= 15 is 0 Å². The summed E-state index contributed by atoms with van der Waals surface area (Å²) in [6.07, 6.45) is 0.398. The first kappa shape index (κ1) is 13.1. The molecule has 0 unspecified atom stereocenters. The Bertz CT molecular complexity index is 376. The van der Waals surface area contributed by atoms with E-state index in [4.69, 9.17) is 5.73 Å². The summed E-state index contributed by atoms with van der Waals surface area (Å²) >= 11 is 1.58. The normalized spacial score (nSPS) is 10.5. The van der Waals surface area contributed by atoms with Gasteiger partial charge in [-0.3, -0.25) is 9.48 Å². The van der Waals surface area contributed by atoms with Gasteiger partial charge < -0.3 is 10.5 Å². The molecule has 1 heterocycles. The minimum Gasteiger partial charge on any atom is -0.469 e. The van der Waals surface area contributed by atoms with Crippen molar-refractivity contribution in [1.29, 1.82) is 0 Å². The van der Waals surface area contributed by atoms with E-state index < -0.39 is 0 Å². The van der Waals surface area contributed by atoms with Crippen molar-refractivity contribution in [2.24, 2.45) is 12.8 Å². The number of rotatable bonds is 5. The van der Waals surface area contributed by atoms with Gasteiger partial charge in [-0.2, -0.15) is 5.10 Å². The van der Waals surface area contributed by atoms with Crippen LogP contribution in [0.3, 0.4) is 0 Å². The lowest BCUT2D eigenvalue weighted by atomic mass is 10.3. The molecule has 0 fully saturated rings. The molecule has 0 aliphatic rings. The molecule has 0 atom stereocenters. The Labute approximate surface area is 99.3 Å². The number of carbonyl (C=O) groups excluding carboxylic acids is 1. The van der Waals surface area contributed by atoms with E-state index in [2.05, 4.69) is 9.84 Å². The van der Waals surface area contributed by atoms with Gasteiger partial charge in [0.1, 0.15) is 0 Å². The Morgan fingerprint density at radius 2 is 2.31 bits per heavy atom.